The van der Waals surface area contributed by atoms with Gasteiger partial charge in [-0.15, -0.1) is 35.0 Å². The molecule has 4 aromatic rings. The van der Waals surface area contributed by atoms with Crippen molar-refractivity contribution in [3.63, 3.8) is 0 Å². The predicted molar refractivity (Wildman–Crippen MR) is 131 cm³/mol. The molecular formula is C24H27Cl2N5O. The zero-order valence-electron chi connectivity index (χ0n) is 17.7. The lowest BCUT2D eigenvalue weighted by Gasteiger charge is -2.33. The van der Waals surface area contributed by atoms with E-state index >= 15 is 0 Å². The molecule has 2 aromatic carbocycles. The minimum absolute atomic E-state index is 0. The van der Waals surface area contributed by atoms with Crippen molar-refractivity contribution >= 4 is 41.6 Å². The van der Waals surface area contributed by atoms with Crippen LogP contribution in [0.2, 0.25) is 0 Å². The Morgan fingerprint density at radius 3 is 2.38 bits per heavy atom. The van der Waals surface area contributed by atoms with Crippen LogP contribution in [0.3, 0.4) is 0 Å². The van der Waals surface area contributed by atoms with Gasteiger partial charge in [-0.25, -0.2) is 0 Å². The maximum Gasteiger partial charge on any atom is 0.222 e. The quantitative estimate of drug-likeness (QED) is 0.417. The van der Waals surface area contributed by atoms with Crippen LogP contribution in [-0.4, -0.2) is 43.2 Å². The molecule has 8 heteroatoms. The van der Waals surface area contributed by atoms with Gasteiger partial charge in [0.25, 0.3) is 0 Å². The van der Waals surface area contributed by atoms with Crippen LogP contribution in [0.5, 0.6) is 0 Å². The number of benzene rings is 2. The molecular weight excluding hydrogens is 445 g/mol. The number of carbonyl (C=O) groups excluding carboxylic acids is 1. The van der Waals surface area contributed by atoms with Gasteiger partial charge in [-0.2, -0.15) is 0 Å². The average Bonchev–Trinajstić information content (AvgIpc) is 3.48. The Kier molecular flexibility index (Phi) is 7.94. The zero-order valence-corrected chi connectivity index (χ0v) is 19.3. The molecule has 1 amide bonds. The third kappa shape index (κ3) is 4.97. The summed E-state index contributed by atoms with van der Waals surface area (Å²) in [5.41, 5.74) is 3.50. The number of carbonyl (C=O) groups is 1. The number of halogens is 2. The van der Waals surface area contributed by atoms with Crippen LogP contribution in [0.1, 0.15) is 30.9 Å². The Morgan fingerprint density at radius 1 is 0.938 bits per heavy atom. The summed E-state index contributed by atoms with van der Waals surface area (Å²) in [6.07, 6.45) is 8.98. The molecule has 1 aliphatic rings. The molecule has 6 nitrogen and oxygen atoms in total. The molecule has 5 rings (SSSR count). The molecule has 1 saturated heterocycles. The predicted octanol–water partition coefficient (Wildman–Crippen LogP) is 4.86. The summed E-state index contributed by atoms with van der Waals surface area (Å²) in [5, 5.41) is 9.04. The number of rotatable bonds is 5. The summed E-state index contributed by atoms with van der Waals surface area (Å²) in [4.78, 5) is 14.7. The van der Waals surface area contributed by atoms with Gasteiger partial charge < -0.3 is 9.47 Å². The lowest BCUT2D eigenvalue weighted by molar-refractivity contribution is -0.132. The van der Waals surface area contributed by atoms with Gasteiger partial charge in [-0.1, -0.05) is 36.4 Å². The van der Waals surface area contributed by atoms with E-state index in [1.807, 2.05) is 27.7 Å². The van der Waals surface area contributed by atoms with E-state index in [0.717, 1.165) is 38.0 Å². The molecule has 0 N–H and O–H groups in total. The van der Waals surface area contributed by atoms with E-state index in [1.54, 1.807) is 12.7 Å². The van der Waals surface area contributed by atoms with Crippen LogP contribution in [0, 0.1) is 0 Å². The summed E-state index contributed by atoms with van der Waals surface area (Å²) in [5.74, 6) is 0.268. The van der Waals surface area contributed by atoms with Crippen LogP contribution in [0.15, 0.2) is 73.4 Å². The minimum atomic E-state index is 0. The fourth-order valence-electron chi connectivity index (χ4n) is 4.40. The fourth-order valence-corrected chi connectivity index (χ4v) is 4.40. The van der Waals surface area contributed by atoms with Gasteiger partial charge in [0.05, 0.1) is 11.2 Å². The van der Waals surface area contributed by atoms with Gasteiger partial charge in [0.1, 0.15) is 12.7 Å². The van der Waals surface area contributed by atoms with E-state index in [-0.39, 0.29) is 30.7 Å². The summed E-state index contributed by atoms with van der Waals surface area (Å²) < 4.78 is 4.29. The highest BCUT2D eigenvalue weighted by molar-refractivity contribution is 5.85. The van der Waals surface area contributed by atoms with Gasteiger partial charge in [0, 0.05) is 31.7 Å². The Bertz CT molecular complexity index is 1140. The van der Waals surface area contributed by atoms with Crippen LogP contribution in [-0.2, 0) is 11.2 Å². The molecule has 3 heterocycles. The molecule has 0 atom stereocenters. The molecule has 0 saturated carbocycles. The lowest BCUT2D eigenvalue weighted by atomic mass is 10.0. The second kappa shape index (κ2) is 10.7. The monoisotopic (exact) mass is 471 g/mol. The first kappa shape index (κ1) is 23.8. The maximum absolute atomic E-state index is 12.7. The van der Waals surface area contributed by atoms with Crippen molar-refractivity contribution in [1.29, 1.82) is 0 Å². The van der Waals surface area contributed by atoms with Gasteiger partial charge in [0.2, 0.25) is 5.91 Å². The highest BCUT2D eigenvalue weighted by atomic mass is 35.5. The molecule has 0 unspecified atom stereocenters. The summed E-state index contributed by atoms with van der Waals surface area (Å²) >= 11 is 0. The van der Waals surface area contributed by atoms with Crippen LogP contribution in [0.25, 0.3) is 16.6 Å². The zero-order chi connectivity index (χ0) is 20.3. The van der Waals surface area contributed by atoms with E-state index in [2.05, 4.69) is 57.4 Å². The summed E-state index contributed by atoms with van der Waals surface area (Å²) in [6.45, 7) is 1.65. The summed E-state index contributed by atoms with van der Waals surface area (Å²) in [6, 6.07) is 19.2. The molecule has 1 fully saturated rings. The number of amides is 1. The number of piperidine rings is 1. The van der Waals surface area contributed by atoms with Gasteiger partial charge in [-0.05, 0) is 48.4 Å². The average molecular weight is 472 g/mol. The number of fused-ring (bicyclic) bond motifs is 1. The Morgan fingerprint density at radius 2 is 1.66 bits per heavy atom. The van der Waals surface area contributed by atoms with Crippen LogP contribution >= 0.6 is 24.8 Å². The van der Waals surface area contributed by atoms with Crippen LogP contribution in [0.4, 0.5) is 0 Å². The lowest BCUT2D eigenvalue weighted by Crippen LogP contribution is -2.39. The van der Waals surface area contributed by atoms with E-state index in [9.17, 15) is 4.79 Å². The second-order valence-corrected chi connectivity index (χ2v) is 7.93. The van der Waals surface area contributed by atoms with Crippen molar-refractivity contribution in [2.45, 2.75) is 31.7 Å². The SMILES string of the molecule is Cl.Cl.O=C(CCc1ccccc1)N1CCC(n2ccc3ccc(-n4cnnc4)cc32)CC1. The molecule has 0 aliphatic carbocycles. The molecule has 32 heavy (non-hydrogen) atoms. The standard InChI is InChI=1S/C24H25N5O.2ClH/c30-24(9-6-19-4-2-1-3-5-19)27-13-11-21(12-14-27)29-15-10-20-7-8-22(16-23(20)29)28-17-25-26-18-28;;/h1-5,7-8,10,15-18,21H,6,9,11-14H2;2*1H. The highest BCUT2D eigenvalue weighted by Crippen LogP contribution is 2.29. The van der Waals surface area contributed by atoms with Crippen molar-refractivity contribution in [3.05, 3.63) is 79.0 Å². The topological polar surface area (TPSA) is 56.0 Å². The third-order valence-electron chi connectivity index (χ3n) is 6.10. The van der Waals surface area contributed by atoms with Gasteiger partial charge >= 0.3 is 0 Å². The molecule has 0 bridgehead atoms. The Balaban J connectivity index is 0.00000144. The van der Waals surface area contributed by atoms with Crippen molar-refractivity contribution in [2.24, 2.45) is 0 Å². The third-order valence-corrected chi connectivity index (χ3v) is 6.10. The van der Waals surface area contributed by atoms with Crippen molar-refractivity contribution in [3.8, 4) is 5.69 Å². The molecule has 1 aliphatic heterocycles. The number of likely N-dealkylation sites (tertiary alicyclic amines) is 1. The second-order valence-electron chi connectivity index (χ2n) is 7.93. The Hall–Kier alpha value is -2.83. The largest absolute Gasteiger partial charge is 0.344 e. The van der Waals surface area contributed by atoms with Gasteiger partial charge in [-0.3, -0.25) is 9.36 Å². The van der Waals surface area contributed by atoms with Crippen molar-refractivity contribution in [2.75, 3.05) is 13.1 Å². The molecule has 2 aromatic heterocycles. The fraction of sp³-hybridized carbons (Fsp3) is 0.292. The Labute approximate surface area is 200 Å². The first-order valence-electron chi connectivity index (χ1n) is 10.6. The van der Waals surface area contributed by atoms with E-state index in [1.165, 1.54) is 16.5 Å². The first-order valence-corrected chi connectivity index (χ1v) is 10.6. The number of hydrogen-bond acceptors (Lipinski definition) is 3. The normalized spacial score (nSPS) is 14.1. The van der Waals surface area contributed by atoms with Gasteiger partial charge in [0.15, 0.2) is 0 Å². The minimum Gasteiger partial charge on any atom is -0.344 e. The molecule has 168 valence electrons. The highest BCUT2D eigenvalue weighted by Gasteiger charge is 2.24. The van der Waals surface area contributed by atoms with E-state index in [0.29, 0.717) is 12.5 Å². The van der Waals surface area contributed by atoms with Crippen LogP contribution < -0.4 is 0 Å². The summed E-state index contributed by atoms with van der Waals surface area (Å²) in [7, 11) is 0. The smallest absolute Gasteiger partial charge is 0.222 e. The molecule has 0 spiro atoms. The van der Waals surface area contributed by atoms with E-state index < -0.39 is 0 Å². The van der Waals surface area contributed by atoms with Crippen molar-refractivity contribution in [1.82, 2.24) is 24.2 Å². The number of aromatic nitrogens is 4. The van der Waals surface area contributed by atoms with E-state index in [4.69, 9.17) is 0 Å². The number of aryl methyl sites for hydroxylation is 1. The number of nitrogens with zero attached hydrogens (tertiary/aromatic N) is 5. The number of hydrogen-bond donors (Lipinski definition) is 0. The first-order chi connectivity index (χ1) is 14.8. The van der Waals surface area contributed by atoms with Crippen molar-refractivity contribution < 1.29 is 4.79 Å². The molecule has 0 radical (unpaired) electrons. The maximum atomic E-state index is 12.7.